The van der Waals surface area contributed by atoms with E-state index in [1.165, 1.54) is 12.0 Å². The molecule has 1 saturated heterocycles. The van der Waals surface area contributed by atoms with Crippen molar-refractivity contribution in [1.29, 1.82) is 0 Å². The Morgan fingerprint density at radius 3 is 3.06 bits per heavy atom. The molecule has 1 fully saturated rings. The van der Waals surface area contributed by atoms with E-state index >= 15 is 0 Å². The Bertz CT molecular complexity index is 329. The molecule has 5 heteroatoms. The van der Waals surface area contributed by atoms with E-state index in [4.69, 9.17) is 0 Å². The van der Waals surface area contributed by atoms with Crippen LogP contribution in [-0.4, -0.2) is 36.1 Å². The van der Waals surface area contributed by atoms with Gasteiger partial charge in [0.2, 0.25) is 0 Å². The third-order valence-electron chi connectivity index (χ3n) is 2.88. The summed E-state index contributed by atoms with van der Waals surface area (Å²) in [7, 11) is 2.19. The van der Waals surface area contributed by atoms with Crippen LogP contribution in [0.4, 0.5) is 0 Å². The van der Waals surface area contributed by atoms with Crippen molar-refractivity contribution in [3.05, 3.63) is 28.5 Å². The molecule has 1 aliphatic rings. The lowest BCUT2D eigenvalue weighted by Gasteiger charge is -2.23. The average molecular weight is 307 g/mol. The van der Waals surface area contributed by atoms with E-state index in [-0.39, 0.29) is 12.4 Å². The van der Waals surface area contributed by atoms with E-state index in [1.807, 2.05) is 6.20 Å². The van der Waals surface area contributed by atoms with Crippen molar-refractivity contribution in [3.8, 4) is 0 Å². The average Bonchev–Trinajstić information content (AvgIpc) is 2.70. The molecule has 90 valence electrons. The standard InChI is InChI=1S/C11H16BrN3.ClH/c1-15(10-3-4-13-7-10)8-9-2-5-14-11(12)6-9;/h2,5-6,10,13H,3-4,7-8H2,1H3;1H/t10-;/m1./s1. The van der Waals surface area contributed by atoms with Gasteiger partial charge in [-0.1, -0.05) is 0 Å². The smallest absolute Gasteiger partial charge is 0.106 e. The first-order valence-electron chi connectivity index (χ1n) is 5.27. The fraction of sp³-hybridized carbons (Fsp3) is 0.545. The minimum atomic E-state index is 0. The quantitative estimate of drug-likeness (QED) is 0.867. The molecule has 0 unspecified atom stereocenters. The predicted octanol–water partition coefficient (Wildman–Crippen LogP) is 2.06. The first-order chi connectivity index (χ1) is 7.25. The molecule has 0 saturated carbocycles. The number of hydrogen-bond acceptors (Lipinski definition) is 3. The molecule has 1 atom stereocenters. The molecule has 1 aliphatic heterocycles. The van der Waals surface area contributed by atoms with Crippen LogP contribution in [0.3, 0.4) is 0 Å². The molecule has 0 bridgehead atoms. The van der Waals surface area contributed by atoms with Crippen LogP contribution >= 0.6 is 28.3 Å². The van der Waals surface area contributed by atoms with Crippen LogP contribution in [-0.2, 0) is 6.54 Å². The van der Waals surface area contributed by atoms with Crippen molar-refractivity contribution in [3.63, 3.8) is 0 Å². The fourth-order valence-corrected chi connectivity index (χ4v) is 2.39. The summed E-state index contributed by atoms with van der Waals surface area (Å²) in [5, 5.41) is 3.39. The highest BCUT2D eigenvalue weighted by atomic mass is 79.9. The van der Waals surface area contributed by atoms with Gasteiger partial charge >= 0.3 is 0 Å². The Labute approximate surface area is 111 Å². The SMILES string of the molecule is CN(Cc1ccnc(Br)c1)[C@@H]1CCNC1.Cl. The van der Waals surface area contributed by atoms with Crippen LogP contribution in [0.5, 0.6) is 0 Å². The van der Waals surface area contributed by atoms with Gasteiger partial charge in [0.25, 0.3) is 0 Å². The second-order valence-corrected chi connectivity index (χ2v) is 4.86. The lowest BCUT2D eigenvalue weighted by atomic mass is 10.2. The van der Waals surface area contributed by atoms with Gasteiger partial charge in [-0.25, -0.2) is 4.98 Å². The second-order valence-electron chi connectivity index (χ2n) is 4.05. The lowest BCUT2D eigenvalue weighted by Crippen LogP contribution is -2.32. The predicted molar refractivity (Wildman–Crippen MR) is 71.9 cm³/mol. The summed E-state index contributed by atoms with van der Waals surface area (Å²) in [6, 6.07) is 4.83. The summed E-state index contributed by atoms with van der Waals surface area (Å²) in [4.78, 5) is 6.53. The van der Waals surface area contributed by atoms with Crippen molar-refractivity contribution in [1.82, 2.24) is 15.2 Å². The maximum atomic E-state index is 4.13. The van der Waals surface area contributed by atoms with E-state index in [0.29, 0.717) is 6.04 Å². The molecule has 0 radical (unpaired) electrons. The molecule has 0 spiro atoms. The summed E-state index contributed by atoms with van der Waals surface area (Å²) >= 11 is 3.39. The van der Waals surface area contributed by atoms with E-state index in [1.54, 1.807) is 0 Å². The number of aromatic nitrogens is 1. The van der Waals surface area contributed by atoms with Gasteiger partial charge in [-0.3, -0.25) is 4.90 Å². The zero-order valence-corrected chi connectivity index (χ0v) is 11.7. The van der Waals surface area contributed by atoms with Gasteiger partial charge in [0.1, 0.15) is 4.60 Å². The molecular formula is C11H17BrClN3. The van der Waals surface area contributed by atoms with Crippen LogP contribution in [0.2, 0.25) is 0 Å². The van der Waals surface area contributed by atoms with Gasteiger partial charge in [-0.05, 0) is 53.6 Å². The number of rotatable bonds is 3. The van der Waals surface area contributed by atoms with Crippen molar-refractivity contribution >= 4 is 28.3 Å². The Morgan fingerprint density at radius 1 is 1.62 bits per heavy atom. The summed E-state index contributed by atoms with van der Waals surface area (Å²) in [5.41, 5.74) is 1.31. The number of pyridine rings is 1. The van der Waals surface area contributed by atoms with Gasteiger partial charge < -0.3 is 5.32 Å². The molecule has 2 heterocycles. The van der Waals surface area contributed by atoms with Crippen LogP contribution in [0.1, 0.15) is 12.0 Å². The third kappa shape index (κ3) is 3.70. The van der Waals surface area contributed by atoms with Gasteiger partial charge in [0.15, 0.2) is 0 Å². The molecule has 0 amide bonds. The maximum absolute atomic E-state index is 4.13. The normalized spacial score (nSPS) is 19.8. The Balaban J connectivity index is 0.00000128. The molecule has 16 heavy (non-hydrogen) atoms. The summed E-state index contributed by atoms with van der Waals surface area (Å²) in [5.74, 6) is 0. The molecular weight excluding hydrogens is 289 g/mol. The van der Waals surface area contributed by atoms with Gasteiger partial charge in [0, 0.05) is 25.3 Å². The largest absolute Gasteiger partial charge is 0.315 e. The molecule has 3 nitrogen and oxygen atoms in total. The monoisotopic (exact) mass is 305 g/mol. The Kier molecular flexibility index (Phi) is 5.69. The fourth-order valence-electron chi connectivity index (χ4n) is 1.97. The van der Waals surface area contributed by atoms with Gasteiger partial charge in [-0.15, -0.1) is 12.4 Å². The second kappa shape index (κ2) is 6.55. The summed E-state index contributed by atoms with van der Waals surface area (Å²) < 4.78 is 0.915. The van der Waals surface area contributed by atoms with Crippen LogP contribution in [0.15, 0.2) is 22.9 Å². The maximum Gasteiger partial charge on any atom is 0.106 e. The van der Waals surface area contributed by atoms with Crippen LogP contribution in [0.25, 0.3) is 0 Å². The molecule has 0 aromatic carbocycles. The molecule has 1 aromatic heterocycles. The van der Waals surface area contributed by atoms with Crippen molar-refractivity contribution < 1.29 is 0 Å². The minimum absolute atomic E-state index is 0. The van der Waals surface area contributed by atoms with Crippen molar-refractivity contribution in [2.75, 3.05) is 20.1 Å². The molecule has 2 rings (SSSR count). The topological polar surface area (TPSA) is 28.2 Å². The zero-order valence-electron chi connectivity index (χ0n) is 9.32. The number of nitrogens with one attached hydrogen (secondary N) is 1. The molecule has 0 aliphatic carbocycles. The summed E-state index contributed by atoms with van der Waals surface area (Å²) in [6.45, 7) is 3.26. The molecule has 1 aromatic rings. The van der Waals surface area contributed by atoms with Crippen LogP contribution < -0.4 is 5.32 Å². The lowest BCUT2D eigenvalue weighted by molar-refractivity contribution is 0.249. The zero-order chi connectivity index (χ0) is 10.7. The third-order valence-corrected chi connectivity index (χ3v) is 3.31. The van der Waals surface area contributed by atoms with Crippen molar-refractivity contribution in [2.24, 2.45) is 0 Å². The first kappa shape index (κ1) is 13.9. The van der Waals surface area contributed by atoms with Gasteiger partial charge in [-0.2, -0.15) is 0 Å². The highest BCUT2D eigenvalue weighted by Gasteiger charge is 2.18. The van der Waals surface area contributed by atoms with E-state index < -0.39 is 0 Å². The molecule has 1 N–H and O–H groups in total. The summed E-state index contributed by atoms with van der Waals surface area (Å²) in [6.07, 6.45) is 3.10. The Hall–Kier alpha value is -0.160. The number of halogens is 2. The highest BCUT2D eigenvalue weighted by Crippen LogP contribution is 2.13. The number of hydrogen-bond donors (Lipinski definition) is 1. The number of likely N-dealkylation sites (N-methyl/N-ethyl adjacent to an activating group) is 1. The first-order valence-corrected chi connectivity index (χ1v) is 6.06. The van der Waals surface area contributed by atoms with Crippen molar-refractivity contribution in [2.45, 2.75) is 19.0 Å². The minimum Gasteiger partial charge on any atom is -0.315 e. The van der Waals surface area contributed by atoms with E-state index in [9.17, 15) is 0 Å². The highest BCUT2D eigenvalue weighted by molar-refractivity contribution is 9.10. The van der Waals surface area contributed by atoms with E-state index in [2.05, 4.69) is 50.3 Å². The Morgan fingerprint density at radius 2 is 2.44 bits per heavy atom. The van der Waals surface area contributed by atoms with Crippen LogP contribution in [0, 0.1) is 0 Å². The number of nitrogens with zero attached hydrogens (tertiary/aromatic N) is 2. The van der Waals surface area contributed by atoms with E-state index in [0.717, 1.165) is 24.2 Å². The van der Waals surface area contributed by atoms with Gasteiger partial charge in [0.05, 0.1) is 0 Å².